The van der Waals surface area contributed by atoms with E-state index in [9.17, 15) is 4.79 Å². The van der Waals surface area contributed by atoms with Crippen LogP contribution in [-0.2, 0) is 0 Å². The van der Waals surface area contributed by atoms with Crippen molar-refractivity contribution in [3.8, 4) is 0 Å². The number of benzene rings is 1. The van der Waals surface area contributed by atoms with Gasteiger partial charge in [-0.15, -0.1) is 0 Å². The topological polar surface area (TPSA) is 49.3 Å². The molecule has 2 N–H and O–H groups in total. The van der Waals surface area contributed by atoms with Crippen molar-refractivity contribution in [2.24, 2.45) is 0 Å². The molecule has 0 saturated carbocycles. The molecule has 1 atom stereocenters. The second-order valence-electron chi connectivity index (χ2n) is 4.44. The van der Waals surface area contributed by atoms with Gasteiger partial charge in [0, 0.05) is 12.1 Å². The molecule has 1 aromatic rings. The normalized spacial score (nSPS) is 14.1. The van der Waals surface area contributed by atoms with Crippen molar-refractivity contribution >= 4 is 29.1 Å². The Labute approximate surface area is 117 Å². The lowest BCUT2D eigenvalue weighted by Crippen LogP contribution is -2.46. The fourth-order valence-corrected chi connectivity index (χ4v) is 2.19. The molecular weight excluding hydrogens is 273 g/mol. The lowest BCUT2D eigenvalue weighted by atomic mass is 9.94. The SMILES string of the molecule is CCC(C)(CCO)NC(=O)c1c(Cl)cccc1Cl. The highest BCUT2D eigenvalue weighted by atomic mass is 35.5. The van der Waals surface area contributed by atoms with Gasteiger partial charge >= 0.3 is 0 Å². The smallest absolute Gasteiger partial charge is 0.254 e. The van der Waals surface area contributed by atoms with E-state index < -0.39 is 5.54 Å². The molecule has 0 radical (unpaired) electrons. The molecule has 5 heteroatoms. The zero-order valence-electron chi connectivity index (χ0n) is 10.5. The molecule has 1 amide bonds. The molecule has 0 bridgehead atoms. The molecule has 0 fully saturated rings. The third-order valence-electron chi connectivity index (χ3n) is 3.05. The summed E-state index contributed by atoms with van der Waals surface area (Å²) in [4.78, 5) is 12.2. The maximum absolute atomic E-state index is 12.2. The first-order chi connectivity index (χ1) is 8.43. The molecular formula is C13H17Cl2NO2. The first-order valence-electron chi connectivity index (χ1n) is 5.81. The third kappa shape index (κ3) is 3.61. The largest absolute Gasteiger partial charge is 0.396 e. The van der Waals surface area contributed by atoms with E-state index >= 15 is 0 Å². The van der Waals surface area contributed by atoms with E-state index in [-0.39, 0.29) is 18.1 Å². The van der Waals surface area contributed by atoms with Gasteiger partial charge in [-0.3, -0.25) is 4.79 Å². The number of amides is 1. The van der Waals surface area contributed by atoms with Gasteiger partial charge < -0.3 is 10.4 Å². The van der Waals surface area contributed by atoms with Gasteiger partial charge in [-0.25, -0.2) is 0 Å². The molecule has 0 heterocycles. The number of hydrogen-bond donors (Lipinski definition) is 2. The molecule has 1 rings (SSSR count). The van der Waals surface area contributed by atoms with Crippen LogP contribution in [0.2, 0.25) is 10.0 Å². The van der Waals surface area contributed by atoms with Gasteiger partial charge in [0.05, 0.1) is 15.6 Å². The number of halogens is 2. The fourth-order valence-electron chi connectivity index (χ4n) is 1.63. The minimum absolute atomic E-state index is 0.0148. The second-order valence-corrected chi connectivity index (χ2v) is 5.25. The Hall–Kier alpha value is -0.770. The Morgan fingerprint density at radius 3 is 2.39 bits per heavy atom. The zero-order valence-corrected chi connectivity index (χ0v) is 12.0. The maximum atomic E-state index is 12.2. The van der Waals surface area contributed by atoms with Crippen molar-refractivity contribution in [1.82, 2.24) is 5.32 Å². The van der Waals surface area contributed by atoms with E-state index in [2.05, 4.69) is 5.32 Å². The van der Waals surface area contributed by atoms with Crippen LogP contribution in [0.25, 0.3) is 0 Å². The summed E-state index contributed by atoms with van der Waals surface area (Å²) in [6.45, 7) is 3.84. The molecule has 0 aliphatic heterocycles. The number of carbonyl (C=O) groups is 1. The fraction of sp³-hybridized carbons (Fsp3) is 0.462. The van der Waals surface area contributed by atoms with Crippen molar-refractivity contribution in [1.29, 1.82) is 0 Å². The first-order valence-corrected chi connectivity index (χ1v) is 6.56. The highest BCUT2D eigenvalue weighted by Crippen LogP contribution is 2.25. The summed E-state index contributed by atoms with van der Waals surface area (Å²) in [6.07, 6.45) is 1.19. The Morgan fingerprint density at radius 2 is 1.94 bits per heavy atom. The first kappa shape index (κ1) is 15.3. The third-order valence-corrected chi connectivity index (χ3v) is 3.68. The lowest BCUT2D eigenvalue weighted by molar-refractivity contribution is 0.0886. The summed E-state index contributed by atoms with van der Waals surface area (Å²) in [5, 5.41) is 12.5. The van der Waals surface area contributed by atoms with Crippen molar-refractivity contribution in [3.05, 3.63) is 33.8 Å². The van der Waals surface area contributed by atoms with Crippen LogP contribution < -0.4 is 5.32 Å². The minimum atomic E-state index is -0.464. The second kappa shape index (κ2) is 6.41. The molecule has 0 aliphatic rings. The molecule has 0 spiro atoms. The molecule has 1 unspecified atom stereocenters. The van der Waals surface area contributed by atoms with E-state index in [0.717, 1.165) is 0 Å². The van der Waals surface area contributed by atoms with E-state index in [1.807, 2.05) is 13.8 Å². The molecule has 0 aliphatic carbocycles. The number of carbonyl (C=O) groups excluding carboxylic acids is 1. The van der Waals surface area contributed by atoms with Crippen LogP contribution in [0.4, 0.5) is 0 Å². The van der Waals surface area contributed by atoms with Gasteiger partial charge in [0.25, 0.3) is 5.91 Å². The van der Waals surface area contributed by atoms with Crippen LogP contribution in [0.3, 0.4) is 0 Å². The Kier molecular flexibility index (Phi) is 5.45. The van der Waals surface area contributed by atoms with Gasteiger partial charge in [0.1, 0.15) is 0 Å². The molecule has 0 saturated heterocycles. The molecule has 0 aromatic heterocycles. The van der Waals surface area contributed by atoms with Crippen molar-refractivity contribution < 1.29 is 9.90 Å². The van der Waals surface area contributed by atoms with Gasteiger partial charge in [0.15, 0.2) is 0 Å². The minimum Gasteiger partial charge on any atom is -0.396 e. The lowest BCUT2D eigenvalue weighted by Gasteiger charge is -2.29. The number of rotatable bonds is 5. The van der Waals surface area contributed by atoms with Crippen molar-refractivity contribution in [3.63, 3.8) is 0 Å². The molecule has 100 valence electrons. The summed E-state index contributed by atoms with van der Waals surface area (Å²) in [6, 6.07) is 4.93. The standard InChI is InChI=1S/C13H17Cl2NO2/c1-3-13(2,7-8-17)16-12(18)11-9(14)5-4-6-10(11)15/h4-6,17H,3,7-8H2,1-2H3,(H,16,18). The van der Waals surface area contributed by atoms with Gasteiger partial charge in [-0.05, 0) is 31.9 Å². The summed E-state index contributed by atoms with van der Waals surface area (Å²) in [5.74, 6) is -0.316. The van der Waals surface area contributed by atoms with Crippen LogP contribution in [0.5, 0.6) is 0 Å². The summed E-state index contributed by atoms with van der Waals surface area (Å²) in [5.41, 5.74) is -0.188. The highest BCUT2D eigenvalue weighted by Gasteiger charge is 2.26. The Balaban J connectivity index is 2.95. The molecule has 3 nitrogen and oxygen atoms in total. The van der Waals surface area contributed by atoms with Crippen LogP contribution in [0.15, 0.2) is 18.2 Å². The van der Waals surface area contributed by atoms with E-state index in [1.165, 1.54) is 0 Å². The average molecular weight is 290 g/mol. The summed E-state index contributed by atoms with van der Waals surface area (Å²) >= 11 is 12.0. The van der Waals surface area contributed by atoms with Gasteiger partial charge in [0.2, 0.25) is 0 Å². The summed E-state index contributed by atoms with van der Waals surface area (Å²) < 4.78 is 0. The number of hydrogen-bond acceptors (Lipinski definition) is 2. The number of aliphatic hydroxyl groups excluding tert-OH is 1. The van der Waals surface area contributed by atoms with E-state index in [0.29, 0.717) is 22.9 Å². The average Bonchev–Trinajstić information content (AvgIpc) is 2.29. The quantitative estimate of drug-likeness (QED) is 0.874. The van der Waals surface area contributed by atoms with Gasteiger partial charge in [-0.1, -0.05) is 36.2 Å². The van der Waals surface area contributed by atoms with Crippen molar-refractivity contribution in [2.75, 3.05) is 6.61 Å². The van der Waals surface area contributed by atoms with E-state index in [1.54, 1.807) is 18.2 Å². The predicted octanol–water partition coefficient (Wildman–Crippen LogP) is 3.27. The van der Waals surface area contributed by atoms with Crippen LogP contribution in [-0.4, -0.2) is 23.2 Å². The molecule has 1 aromatic carbocycles. The zero-order chi connectivity index (χ0) is 13.8. The van der Waals surface area contributed by atoms with E-state index in [4.69, 9.17) is 28.3 Å². The summed E-state index contributed by atoms with van der Waals surface area (Å²) in [7, 11) is 0. The highest BCUT2D eigenvalue weighted by molar-refractivity contribution is 6.39. The van der Waals surface area contributed by atoms with Crippen LogP contribution in [0, 0.1) is 0 Å². The Bertz CT molecular complexity index is 417. The number of nitrogens with one attached hydrogen (secondary N) is 1. The predicted molar refractivity (Wildman–Crippen MR) is 74.3 cm³/mol. The van der Waals surface area contributed by atoms with Crippen LogP contribution in [0.1, 0.15) is 37.0 Å². The van der Waals surface area contributed by atoms with Crippen LogP contribution >= 0.6 is 23.2 Å². The van der Waals surface area contributed by atoms with Gasteiger partial charge in [-0.2, -0.15) is 0 Å². The van der Waals surface area contributed by atoms with Crippen molar-refractivity contribution in [2.45, 2.75) is 32.2 Å². The Morgan fingerprint density at radius 1 is 1.39 bits per heavy atom. The monoisotopic (exact) mass is 289 g/mol. The molecule has 18 heavy (non-hydrogen) atoms. The maximum Gasteiger partial charge on any atom is 0.254 e. The number of aliphatic hydroxyl groups is 1.